The second-order valence-corrected chi connectivity index (χ2v) is 15.1. The summed E-state index contributed by atoms with van der Waals surface area (Å²) in [6.45, 7) is 4.97. The first kappa shape index (κ1) is 34.3. The smallest absolute Gasteiger partial charge is 0.276 e. The summed E-state index contributed by atoms with van der Waals surface area (Å²) in [5.74, 6) is -4.97. The van der Waals surface area contributed by atoms with Crippen LogP contribution in [-0.2, 0) is 22.4 Å². The van der Waals surface area contributed by atoms with Crippen molar-refractivity contribution >= 4 is 35.0 Å². The number of hydrogen-bond acceptors (Lipinski definition) is 9. The molecule has 3 aromatic heterocycles. The highest BCUT2D eigenvalue weighted by Gasteiger charge is 2.78. The lowest BCUT2D eigenvalue weighted by molar-refractivity contribution is -0.134. The molecular weight excluding hydrogens is 681 g/mol. The molecule has 0 bridgehead atoms. The van der Waals surface area contributed by atoms with Crippen LogP contribution >= 0.6 is 0 Å². The van der Waals surface area contributed by atoms with Crippen LogP contribution in [0.2, 0.25) is 0 Å². The SMILES string of the molecule is C[C@@]12Cc3[nH]nc(C(=O)Nc4cnn([C@@H]5CCN(CC6CCN(c7ccc(C(=O)N[C@H]8CCC(=O)NC8=O)nc7)CC6)C[C@H]5F)c4)c3C[C@@H]1C2(F)F. The van der Waals surface area contributed by atoms with E-state index in [-0.39, 0.29) is 49.5 Å². The highest BCUT2D eigenvalue weighted by atomic mass is 19.3. The number of amides is 4. The molecule has 0 radical (unpaired) electrons. The summed E-state index contributed by atoms with van der Waals surface area (Å²) < 4.78 is 45.8. The first-order valence-electron chi connectivity index (χ1n) is 17.9. The Morgan fingerprint density at radius 2 is 1.87 bits per heavy atom. The molecule has 4 N–H and O–H groups in total. The van der Waals surface area contributed by atoms with Crippen LogP contribution in [-0.4, -0.2) is 104 Å². The minimum atomic E-state index is -2.75. The largest absolute Gasteiger partial charge is 0.370 e. The van der Waals surface area contributed by atoms with Crippen LogP contribution in [0.1, 0.15) is 77.3 Å². The average molecular weight is 723 g/mol. The van der Waals surface area contributed by atoms with Gasteiger partial charge in [0.1, 0.15) is 17.9 Å². The fourth-order valence-corrected chi connectivity index (χ4v) is 8.50. The van der Waals surface area contributed by atoms with Crippen molar-refractivity contribution in [3.05, 3.63) is 53.4 Å². The summed E-state index contributed by atoms with van der Waals surface area (Å²) in [6, 6.07) is 2.23. The van der Waals surface area contributed by atoms with Gasteiger partial charge in [0.05, 0.1) is 29.8 Å². The van der Waals surface area contributed by atoms with Crippen LogP contribution in [0.15, 0.2) is 30.7 Å². The monoisotopic (exact) mass is 722 g/mol. The minimum Gasteiger partial charge on any atom is -0.370 e. The van der Waals surface area contributed by atoms with Gasteiger partial charge in [-0.3, -0.25) is 34.3 Å². The molecule has 1 saturated carbocycles. The molecule has 4 fully saturated rings. The Bertz CT molecular complexity index is 1890. The molecule has 17 heteroatoms. The molecule has 0 unspecified atom stereocenters. The summed E-state index contributed by atoms with van der Waals surface area (Å²) >= 11 is 0. The maximum atomic E-state index is 15.6. The Labute approximate surface area is 297 Å². The zero-order valence-electron chi connectivity index (χ0n) is 28.7. The minimum absolute atomic E-state index is 0.0993. The Kier molecular flexibility index (Phi) is 8.58. The van der Waals surface area contributed by atoms with Gasteiger partial charge >= 0.3 is 0 Å². The first-order chi connectivity index (χ1) is 24.9. The van der Waals surface area contributed by atoms with Gasteiger partial charge in [0.25, 0.3) is 17.7 Å². The Balaban J connectivity index is 0.784. The summed E-state index contributed by atoms with van der Waals surface area (Å²) in [4.78, 5) is 57.7. The van der Waals surface area contributed by atoms with Gasteiger partial charge < -0.3 is 20.4 Å². The standard InChI is InChI=1S/C35H41F3N10O4/c1-34-13-26-22(12-28(34)35(34,37)38)30(45-44-26)33(52)41-20-14-40-48(17-20)27-8-9-46(18-23(27)36)16-19-6-10-47(11-7-19)21-2-3-24(39-15-21)31(50)42-25-4-5-29(49)43-32(25)51/h2-3,14-15,17,19,23,25,27-28H,4-13,16,18H2,1H3,(H,41,52)(H,42,50)(H,44,45)(H,43,49,51)/t23-,25+,27-,28+,34-/m1/s1. The van der Waals surface area contributed by atoms with E-state index in [2.05, 4.69) is 46.0 Å². The predicted molar refractivity (Wildman–Crippen MR) is 181 cm³/mol. The number of aromatic nitrogens is 5. The van der Waals surface area contributed by atoms with E-state index in [9.17, 15) is 28.0 Å². The number of H-pyrrole nitrogens is 1. The molecule has 3 aromatic rings. The maximum Gasteiger partial charge on any atom is 0.276 e. The number of nitrogens with zero attached hydrogens (tertiary/aromatic N) is 6. The molecule has 3 saturated heterocycles. The Morgan fingerprint density at radius 1 is 1.06 bits per heavy atom. The van der Waals surface area contributed by atoms with Crippen molar-refractivity contribution in [1.29, 1.82) is 0 Å². The van der Waals surface area contributed by atoms with Crippen molar-refractivity contribution < 1.29 is 32.3 Å². The molecule has 5 aliphatic rings. The van der Waals surface area contributed by atoms with E-state index in [1.54, 1.807) is 30.1 Å². The topological polar surface area (TPSA) is 170 Å². The molecule has 0 aromatic carbocycles. The number of fused-ring (bicyclic) bond motifs is 2. The van der Waals surface area contributed by atoms with E-state index in [1.165, 1.54) is 6.20 Å². The maximum absolute atomic E-state index is 15.6. The number of hydrogen-bond donors (Lipinski definition) is 4. The van der Waals surface area contributed by atoms with E-state index in [4.69, 9.17) is 0 Å². The Morgan fingerprint density at radius 3 is 2.60 bits per heavy atom. The van der Waals surface area contributed by atoms with Crippen molar-refractivity contribution in [3.8, 4) is 0 Å². The molecule has 52 heavy (non-hydrogen) atoms. The molecule has 4 amide bonds. The van der Waals surface area contributed by atoms with Crippen molar-refractivity contribution in [2.75, 3.05) is 42.9 Å². The number of imide groups is 1. The third-order valence-corrected chi connectivity index (χ3v) is 11.8. The van der Waals surface area contributed by atoms with Gasteiger partial charge in [-0.2, -0.15) is 10.2 Å². The number of piperidine rings is 3. The van der Waals surface area contributed by atoms with Gasteiger partial charge in [-0.15, -0.1) is 0 Å². The summed E-state index contributed by atoms with van der Waals surface area (Å²) in [5.41, 5.74) is 1.62. The number of rotatable bonds is 8. The number of pyridine rings is 1. The van der Waals surface area contributed by atoms with Gasteiger partial charge in [-0.1, -0.05) is 6.92 Å². The molecular formula is C35H41F3N10O4. The zero-order chi connectivity index (χ0) is 36.4. The molecule has 14 nitrogen and oxygen atoms in total. The second-order valence-electron chi connectivity index (χ2n) is 15.1. The van der Waals surface area contributed by atoms with Crippen LogP contribution in [0.25, 0.3) is 0 Å². The van der Waals surface area contributed by atoms with E-state index in [0.717, 1.165) is 38.2 Å². The lowest BCUT2D eigenvalue weighted by atomic mass is 9.87. The van der Waals surface area contributed by atoms with Gasteiger partial charge in [-0.05, 0) is 50.2 Å². The molecule has 2 aliphatic carbocycles. The van der Waals surface area contributed by atoms with Gasteiger partial charge in [0.2, 0.25) is 11.8 Å². The summed E-state index contributed by atoms with van der Waals surface area (Å²) in [5, 5.41) is 18.9. The number of nitrogens with one attached hydrogen (secondary N) is 4. The van der Waals surface area contributed by atoms with Crippen molar-refractivity contribution in [2.24, 2.45) is 17.3 Å². The quantitative estimate of drug-likeness (QED) is 0.256. The predicted octanol–water partition coefficient (Wildman–Crippen LogP) is 2.66. The van der Waals surface area contributed by atoms with E-state index < -0.39 is 53.2 Å². The van der Waals surface area contributed by atoms with E-state index in [0.29, 0.717) is 35.8 Å². The number of alkyl halides is 3. The second kappa shape index (κ2) is 13.0. The number of aromatic amines is 1. The highest BCUT2D eigenvalue weighted by Crippen LogP contribution is 2.70. The molecule has 3 aliphatic heterocycles. The summed E-state index contributed by atoms with van der Waals surface area (Å²) in [6.07, 6.45) is 6.68. The number of likely N-dealkylation sites (tertiary alicyclic amines) is 1. The van der Waals surface area contributed by atoms with E-state index in [1.807, 2.05) is 6.07 Å². The van der Waals surface area contributed by atoms with Crippen LogP contribution in [0.5, 0.6) is 0 Å². The number of anilines is 2. The van der Waals surface area contributed by atoms with Crippen LogP contribution in [0.4, 0.5) is 24.5 Å². The van der Waals surface area contributed by atoms with Gasteiger partial charge in [-0.25, -0.2) is 18.2 Å². The van der Waals surface area contributed by atoms with Crippen LogP contribution < -0.4 is 20.9 Å². The van der Waals surface area contributed by atoms with Crippen molar-refractivity contribution in [2.45, 2.75) is 76.0 Å². The lowest BCUT2D eigenvalue weighted by Crippen LogP contribution is -2.52. The van der Waals surface area contributed by atoms with Crippen molar-refractivity contribution in [1.82, 2.24) is 40.5 Å². The average Bonchev–Trinajstić information content (AvgIpc) is 3.54. The van der Waals surface area contributed by atoms with E-state index >= 15 is 4.39 Å². The van der Waals surface area contributed by atoms with Crippen LogP contribution in [0.3, 0.4) is 0 Å². The molecule has 8 rings (SSSR count). The van der Waals surface area contributed by atoms with Crippen LogP contribution in [0, 0.1) is 17.3 Å². The zero-order valence-corrected chi connectivity index (χ0v) is 28.7. The highest BCUT2D eigenvalue weighted by molar-refractivity contribution is 6.04. The number of carbonyl (C=O) groups excluding carboxylic acids is 4. The third-order valence-electron chi connectivity index (χ3n) is 11.8. The fourth-order valence-electron chi connectivity index (χ4n) is 8.50. The molecule has 276 valence electrons. The fraction of sp³-hybridized carbons (Fsp3) is 0.571. The molecule has 6 heterocycles. The molecule has 5 atom stereocenters. The normalized spacial score (nSPS) is 28.8. The molecule has 0 spiro atoms. The van der Waals surface area contributed by atoms with Gasteiger partial charge in [0, 0.05) is 74.4 Å². The van der Waals surface area contributed by atoms with Gasteiger partial charge in [0.15, 0.2) is 5.69 Å². The summed E-state index contributed by atoms with van der Waals surface area (Å²) in [7, 11) is 0. The van der Waals surface area contributed by atoms with Crippen molar-refractivity contribution in [3.63, 3.8) is 0 Å². The lowest BCUT2D eigenvalue weighted by Gasteiger charge is -2.39. The number of halogens is 3. The Hall–Kier alpha value is -4.80. The number of carbonyl (C=O) groups is 4. The first-order valence-corrected chi connectivity index (χ1v) is 17.9. The third kappa shape index (κ3) is 6.21.